The standard InChI is InChI=1S/C24H20ClN3O2/c1-2-15-5-7-17(8-6-15)23-20-21(16-9-11-18(25)12-10-16)26-27-22(20)24(29)28(23)14-19-4-3-13-30-19/h3-13,23H,2,14H2,1H3,(H,26,27). The minimum absolute atomic E-state index is 0.0846. The molecule has 5 rings (SSSR count). The molecule has 30 heavy (non-hydrogen) atoms. The molecule has 150 valence electrons. The molecule has 0 radical (unpaired) electrons. The van der Waals surface area contributed by atoms with Crippen LogP contribution < -0.4 is 0 Å². The Kier molecular flexibility index (Phi) is 4.68. The number of carbonyl (C=O) groups is 1. The summed E-state index contributed by atoms with van der Waals surface area (Å²) < 4.78 is 5.53. The van der Waals surface area contributed by atoms with Crippen LogP contribution in [0.5, 0.6) is 0 Å². The van der Waals surface area contributed by atoms with E-state index in [0.717, 1.165) is 34.6 Å². The summed E-state index contributed by atoms with van der Waals surface area (Å²) in [7, 11) is 0. The molecule has 0 spiro atoms. The van der Waals surface area contributed by atoms with Gasteiger partial charge >= 0.3 is 0 Å². The van der Waals surface area contributed by atoms with Gasteiger partial charge in [-0.15, -0.1) is 0 Å². The monoisotopic (exact) mass is 417 g/mol. The van der Waals surface area contributed by atoms with Crippen LogP contribution in [0.3, 0.4) is 0 Å². The summed E-state index contributed by atoms with van der Waals surface area (Å²) >= 11 is 6.07. The van der Waals surface area contributed by atoms with E-state index in [1.807, 2.05) is 41.3 Å². The van der Waals surface area contributed by atoms with Gasteiger partial charge in [0, 0.05) is 16.1 Å². The summed E-state index contributed by atoms with van der Waals surface area (Å²) in [6.07, 6.45) is 2.59. The van der Waals surface area contributed by atoms with E-state index < -0.39 is 0 Å². The molecule has 0 aliphatic carbocycles. The fraction of sp³-hybridized carbons (Fsp3) is 0.167. The quantitative estimate of drug-likeness (QED) is 0.457. The highest BCUT2D eigenvalue weighted by Crippen LogP contribution is 2.43. The summed E-state index contributed by atoms with van der Waals surface area (Å²) in [5.41, 5.74) is 5.39. The van der Waals surface area contributed by atoms with Crippen LogP contribution in [0.15, 0.2) is 71.3 Å². The molecule has 1 aliphatic heterocycles. The van der Waals surface area contributed by atoms with E-state index in [0.29, 0.717) is 17.3 Å². The number of hydrogen-bond acceptors (Lipinski definition) is 3. The van der Waals surface area contributed by atoms with E-state index in [1.165, 1.54) is 5.56 Å². The number of aryl methyl sites for hydroxylation is 1. The van der Waals surface area contributed by atoms with Crippen molar-refractivity contribution in [3.63, 3.8) is 0 Å². The van der Waals surface area contributed by atoms with Crippen LogP contribution in [-0.2, 0) is 13.0 Å². The topological polar surface area (TPSA) is 62.1 Å². The zero-order chi connectivity index (χ0) is 20.7. The van der Waals surface area contributed by atoms with E-state index in [-0.39, 0.29) is 11.9 Å². The van der Waals surface area contributed by atoms with Gasteiger partial charge in [0.1, 0.15) is 11.5 Å². The highest BCUT2D eigenvalue weighted by Gasteiger charge is 2.42. The third kappa shape index (κ3) is 3.12. The minimum atomic E-state index is -0.257. The van der Waals surface area contributed by atoms with Gasteiger partial charge in [-0.3, -0.25) is 9.89 Å². The Morgan fingerprint density at radius 2 is 1.87 bits per heavy atom. The SMILES string of the molecule is CCc1ccc(C2c3c(-c4ccc(Cl)cc4)n[nH]c3C(=O)N2Cc2ccco2)cc1. The van der Waals surface area contributed by atoms with Crippen molar-refractivity contribution in [2.75, 3.05) is 0 Å². The molecule has 1 aliphatic rings. The van der Waals surface area contributed by atoms with Crippen molar-refractivity contribution < 1.29 is 9.21 Å². The van der Waals surface area contributed by atoms with Crippen molar-refractivity contribution in [2.24, 2.45) is 0 Å². The highest BCUT2D eigenvalue weighted by atomic mass is 35.5. The lowest BCUT2D eigenvalue weighted by Gasteiger charge is -2.25. The number of fused-ring (bicyclic) bond motifs is 1. The third-order valence-electron chi connectivity index (χ3n) is 5.59. The Hall–Kier alpha value is -3.31. The lowest BCUT2D eigenvalue weighted by atomic mass is 9.95. The third-order valence-corrected chi connectivity index (χ3v) is 5.84. The van der Waals surface area contributed by atoms with Gasteiger partial charge in [-0.05, 0) is 41.8 Å². The zero-order valence-electron chi connectivity index (χ0n) is 16.4. The Balaban J connectivity index is 1.64. The summed E-state index contributed by atoms with van der Waals surface area (Å²) in [6.45, 7) is 2.51. The molecule has 2 aromatic carbocycles. The van der Waals surface area contributed by atoms with E-state index in [4.69, 9.17) is 16.0 Å². The van der Waals surface area contributed by atoms with Crippen molar-refractivity contribution in [3.05, 3.63) is 100 Å². The normalized spacial score (nSPS) is 15.6. The Bertz CT molecular complexity index is 1180. The summed E-state index contributed by atoms with van der Waals surface area (Å²) in [4.78, 5) is 15.2. The van der Waals surface area contributed by atoms with E-state index >= 15 is 0 Å². The second-order valence-electron chi connectivity index (χ2n) is 7.38. The molecule has 1 atom stereocenters. The van der Waals surface area contributed by atoms with Crippen LogP contribution in [-0.4, -0.2) is 21.0 Å². The summed E-state index contributed by atoms with van der Waals surface area (Å²) in [6, 6.07) is 19.4. The summed E-state index contributed by atoms with van der Waals surface area (Å²) in [5.74, 6) is 0.656. The molecule has 5 nitrogen and oxygen atoms in total. The maximum atomic E-state index is 13.3. The van der Waals surface area contributed by atoms with Crippen molar-refractivity contribution in [1.29, 1.82) is 0 Å². The minimum Gasteiger partial charge on any atom is -0.467 e. The molecule has 0 fully saturated rings. The Labute approximate surface area is 179 Å². The molecule has 2 aromatic heterocycles. The lowest BCUT2D eigenvalue weighted by Crippen LogP contribution is -2.29. The van der Waals surface area contributed by atoms with Gasteiger partial charge in [-0.2, -0.15) is 5.10 Å². The number of H-pyrrole nitrogens is 1. The van der Waals surface area contributed by atoms with Crippen LogP contribution in [0, 0.1) is 0 Å². The predicted molar refractivity (Wildman–Crippen MR) is 115 cm³/mol. The van der Waals surface area contributed by atoms with E-state index in [2.05, 4.69) is 41.4 Å². The fourth-order valence-electron chi connectivity index (χ4n) is 4.04. The first-order chi connectivity index (χ1) is 14.7. The number of hydrogen-bond donors (Lipinski definition) is 1. The fourth-order valence-corrected chi connectivity index (χ4v) is 4.17. The number of carbonyl (C=O) groups excluding carboxylic acids is 1. The smallest absolute Gasteiger partial charge is 0.273 e. The largest absolute Gasteiger partial charge is 0.467 e. The number of aromatic amines is 1. The second-order valence-corrected chi connectivity index (χ2v) is 7.81. The van der Waals surface area contributed by atoms with E-state index in [1.54, 1.807) is 6.26 Å². The first-order valence-electron chi connectivity index (χ1n) is 9.92. The van der Waals surface area contributed by atoms with E-state index in [9.17, 15) is 4.79 Å². The number of halogens is 1. The van der Waals surface area contributed by atoms with Gasteiger partial charge in [0.2, 0.25) is 0 Å². The molecular weight excluding hydrogens is 398 g/mol. The maximum absolute atomic E-state index is 13.3. The number of amides is 1. The molecule has 1 unspecified atom stereocenters. The van der Waals surface area contributed by atoms with Crippen LogP contribution in [0.4, 0.5) is 0 Å². The van der Waals surface area contributed by atoms with Crippen LogP contribution in [0.2, 0.25) is 5.02 Å². The molecule has 4 aromatic rings. The van der Waals surface area contributed by atoms with Crippen LogP contribution in [0.25, 0.3) is 11.3 Å². The summed E-state index contributed by atoms with van der Waals surface area (Å²) in [5, 5.41) is 8.13. The number of rotatable bonds is 5. The number of aromatic nitrogens is 2. The molecule has 0 saturated heterocycles. The van der Waals surface area contributed by atoms with Gasteiger partial charge in [-0.1, -0.05) is 54.9 Å². The average Bonchev–Trinajstić information content (AvgIpc) is 3.49. The number of nitrogens with one attached hydrogen (secondary N) is 1. The van der Waals surface area contributed by atoms with Gasteiger partial charge in [-0.25, -0.2) is 0 Å². The lowest BCUT2D eigenvalue weighted by molar-refractivity contribution is 0.0717. The molecule has 1 amide bonds. The molecule has 0 saturated carbocycles. The van der Waals surface area contributed by atoms with Crippen molar-refractivity contribution in [2.45, 2.75) is 25.9 Å². The first kappa shape index (κ1) is 18.7. The Morgan fingerprint density at radius 3 is 2.53 bits per heavy atom. The Morgan fingerprint density at radius 1 is 1.10 bits per heavy atom. The number of furan rings is 1. The first-order valence-corrected chi connectivity index (χ1v) is 10.3. The zero-order valence-corrected chi connectivity index (χ0v) is 17.2. The van der Waals surface area contributed by atoms with Crippen molar-refractivity contribution >= 4 is 17.5 Å². The molecule has 1 N–H and O–H groups in total. The van der Waals surface area contributed by atoms with Crippen LogP contribution in [0.1, 0.15) is 45.9 Å². The van der Waals surface area contributed by atoms with Crippen molar-refractivity contribution in [3.8, 4) is 11.3 Å². The van der Waals surface area contributed by atoms with Gasteiger partial charge < -0.3 is 9.32 Å². The predicted octanol–water partition coefficient (Wildman–Crippen LogP) is 5.63. The van der Waals surface area contributed by atoms with Crippen LogP contribution >= 0.6 is 11.6 Å². The van der Waals surface area contributed by atoms with Gasteiger partial charge in [0.05, 0.1) is 24.5 Å². The average molecular weight is 418 g/mol. The molecule has 6 heteroatoms. The van der Waals surface area contributed by atoms with Gasteiger partial charge in [0.25, 0.3) is 5.91 Å². The molecular formula is C24H20ClN3O2. The number of nitrogens with zero attached hydrogens (tertiary/aromatic N) is 2. The highest BCUT2D eigenvalue weighted by molar-refractivity contribution is 6.30. The molecule has 3 heterocycles. The van der Waals surface area contributed by atoms with Crippen molar-refractivity contribution in [1.82, 2.24) is 15.1 Å². The maximum Gasteiger partial charge on any atom is 0.273 e. The van der Waals surface area contributed by atoms with Gasteiger partial charge in [0.15, 0.2) is 0 Å². The number of benzene rings is 2. The molecule has 0 bridgehead atoms. The second kappa shape index (κ2) is 7.50.